The summed E-state index contributed by atoms with van der Waals surface area (Å²) in [4.78, 5) is 13.2. The molecule has 3 heteroatoms. The zero-order valence-corrected chi connectivity index (χ0v) is 23.8. The first-order valence-corrected chi connectivity index (χ1v) is 14.2. The number of hydrogen-bond acceptors (Lipinski definition) is 2. The second-order valence-electron chi connectivity index (χ2n) is 12.2. The number of ketones is 1. The van der Waals surface area contributed by atoms with Crippen LogP contribution in [0.1, 0.15) is 87.7 Å². The number of halogens is 1. The average Bonchev–Trinajstić information content (AvgIpc) is 3.26. The summed E-state index contributed by atoms with van der Waals surface area (Å²) in [6, 6.07) is 13.0. The molecule has 0 aromatic heterocycles. The minimum Gasteiger partial charge on any atom is -0.490 e. The summed E-state index contributed by atoms with van der Waals surface area (Å²) < 4.78 is 19.6. The van der Waals surface area contributed by atoms with E-state index in [1.54, 1.807) is 6.07 Å². The minimum atomic E-state index is -0.375. The highest BCUT2D eigenvalue weighted by Crippen LogP contribution is 2.61. The number of aryl methyl sites for hydroxylation is 1. The lowest BCUT2D eigenvalue weighted by molar-refractivity contribution is 0.0718. The second-order valence-corrected chi connectivity index (χ2v) is 12.2. The Morgan fingerprint density at radius 3 is 2.61 bits per heavy atom. The number of Topliss-reactive ketones (excluding diaryl/α,β-unsaturated/α-hetero) is 1. The van der Waals surface area contributed by atoms with Crippen LogP contribution >= 0.6 is 0 Å². The van der Waals surface area contributed by atoms with Gasteiger partial charge in [-0.2, -0.15) is 0 Å². The van der Waals surface area contributed by atoms with Gasteiger partial charge >= 0.3 is 0 Å². The van der Waals surface area contributed by atoms with Crippen LogP contribution in [-0.4, -0.2) is 11.9 Å². The molecule has 2 aromatic carbocycles. The maximum Gasteiger partial charge on any atom is 0.166 e. The van der Waals surface area contributed by atoms with Gasteiger partial charge in [-0.15, -0.1) is 5.73 Å². The van der Waals surface area contributed by atoms with Crippen LogP contribution in [0.2, 0.25) is 0 Å². The van der Waals surface area contributed by atoms with Crippen LogP contribution in [0.4, 0.5) is 4.39 Å². The summed E-state index contributed by atoms with van der Waals surface area (Å²) >= 11 is 0. The zero-order valence-electron chi connectivity index (χ0n) is 23.8. The van der Waals surface area contributed by atoms with Crippen LogP contribution in [0.15, 0.2) is 72.0 Å². The molecule has 2 fully saturated rings. The monoisotopic (exact) mass is 514 g/mol. The van der Waals surface area contributed by atoms with Gasteiger partial charge in [-0.1, -0.05) is 49.4 Å². The molecule has 2 atom stereocenters. The standard InChI is InChI=1S/C35H43FO2/c1-7-24(4)16-32(26(6)17-28-11-9-8-10-25(28)5)29-21-35(22-29)15-14-27(20-35)18-33(37)31-13-12-30(36)19-34(31)38-23(2)3/h8-13,16,19,23,26-27,29H,1,14-15,17-18,20-22H2,2-6H3/b32-16+. The number of allylic oxidation sites excluding steroid dienone is 3. The van der Waals surface area contributed by atoms with E-state index < -0.39 is 0 Å². The molecule has 2 saturated carbocycles. The van der Waals surface area contributed by atoms with E-state index in [1.807, 2.05) is 13.8 Å². The topological polar surface area (TPSA) is 26.3 Å². The van der Waals surface area contributed by atoms with Crippen LogP contribution in [0.5, 0.6) is 5.75 Å². The first kappa shape index (κ1) is 28.1. The Morgan fingerprint density at radius 2 is 1.92 bits per heavy atom. The van der Waals surface area contributed by atoms with E-state index in [4.69, 9.17) is 4.74 Å². The molecule has 0 radical (unpaired) electrons. The van der Waals surface area contributed by atoms with Crippen molar-refractivity contribution in [3.63, 3.8) is 0 Å². The Balaban J connectivity index is 1.41. The molecule has 2 nitrogen and oxygen atoms in total. The van der Waals surface area contributed by atoms with E-state index in [0.717, 1.165) is 24.8 Å². The molecule has 0 aliphatic heterocycles. The fourth-order valence-corrected chi connectivity index (χ4v) is 6.79. The lowest BCUT2D eigenvalue weighted by Gasteiger charge is -2.48. The number of carbonyl (C=O) groups is 1. The van der Waals surface area contributed by atoms with Gasteiger partial charge in [0.25, 0.3) is 0 Å². The van der Waals surface area contributed by atoms with Crippen LogP contribution in [0.25, 0.3) is 0 Å². The normalized spacial score (nSPS) is 23.7. The van der Waals surface area contributed by atoms with Crippen LogP contribution in [-0.2, 0) is 6.42 Å². The molecular weight excluding hydrogens is 471 g/mol. The maximum absolute atomic E-state index is 13.8. The molecule has 1 spiro atoms. The van der Waals surface area contributed by atoms with E-state index in [-0.39, 0.29) is 17.7 Å². The quantitative estimate of drug-likeness (QED) is 0.179. The SMILES string of the molecule is C=C=C(C)/C=C(\C(C)Cc1ccccc1C)C1CC2(CCC(CC(=O)c3ccc(F)cc3OC(C)C)C2)C1. The van der Waals surface area contributed by atoms with E-state index in [0.29, 0.717) is 40.9 Å². The fraction of sp³-hybridized carbons (Fsp3) is 0.486. The van der Waals surface area contributed by atoms with Gasteiger partial charge in [0.1, 0.15) is 11.6 Å². The minimum absolute atomic E-state index is 0.0674. The molecule has 0 saturated heterocycles. The van der Waals surface area contributed by atoms with Gasteiger partial charge in [-0.05, 0) is 118 Å². The van der Waals surface area contributed by atoms with E-state index in [2.05, 4.69) is 63.4 Å². The van der Waals surface area contributed by atoms with E-state index in [9.17, 15) is 9.18 Å². The van der Waals surface area contributed by atoms with Gasteiger partial charge < -0.3 is 4.74 Å². The first-order valence-electron chi connectivity index (χ1n) is 14.2. The first-order chi connectivity index (χ1) is 18.1. The second kappa shape index (κ2) is 11.9. The van der Waals surface area contributed by atoms with Crippen molar-refractivity contribution in [2.45, 2.75) is 85.7 Å². The van der Waals surface area contributed by atoms with Crippen LogP contribution < -0.4 is 4.74 Å². The molecule has 38 heavy (non-hydrogen) atoms. The third-order valence-electron chi connectivity index (χ3n) is 8.73. The molecule has 2 aliphatic carbocycles. The average molecular weight is 515 g/mol. The molecule has 2 aromatic rings. The number of hydrogen-bond donors (Lipinski definition) is 0. The van der Waals surface area contributed by atoms with Crippen LogP contribution in [0, 0.1) is 35.9 Å². The lowest BCUT2D eigenvalue weighted by Crippen LogP contribution is -2.37. The molecule has 2 aliphatic rings. The van der Waals surface area contributed by atoms with Gasteiger partial charge in [0, 0.05) is 12.5 Å². The van der Waals surface area contributed by atoms with Gasteiger partial charge in [0.2, 0.25) is 0 Å². The molecule has 202 valence electrons. The molecule has 0 amide bonds. The maximum atomic E-state index is 13.8. The highest BCUT2D eigenvalue weighted by molar-refractivity contribution is 5.98. The Morgan fingerprint density at radius 1 is 1.18 bits per heavy atom. The van der Waals surface area contributed by atoms with Gasteiger partial charge in [0.05, 0.1) is 11.7 Å². The fourth-order valence-electron chi connectivity index (χ4n) is 6.79. The summed E-state index contributed by atoms with van der Waals surface area (Å²) in [6.07, 6.45) is 9.55. The summed E-state index contributed by atoms with van der Waals surface area (Å²) in [5.74, 6) is 1.47. The predicted molar refractivity (Wildman–Crippen MR) is 154 cm³/mol. The van der Waals surface area contributed by atoms with Crippen molar-refractivity contribution in [3.05, 3.63) is 94.5 Å². The van der Waals surface area contributed by atoms with Gasteiger partial charge in [-0.3, -0.25) is 4.79 Å². The van der Waals surface area contributed by atoms with Gasteiger partial charge in [-0.25, -0.2) is 4.39 Å². The number of ether oxygens (including phenoxy) is 1. The smallest absolute Gasteiger partial charge is 0.166 e. The number of carbonyl (C=O) groups excluding carboxylic acids is 1. The molecular formula is C35H43FO2. The summed E-state index contributed by atoms with van der Waals surface area (Å²) in [5, 5.41) is 0. The Hall–Kier alpha value is -2.90. The van der Waals surface area contributed by atoms with Crippen LogP contribution in [0.3, 0.4) is 0 Å². The number of rotatable bonds is 10. The molecule has 0 N–H and O–H groups in total. The summed E-state index contributed by atoms with van der Waals surface area (Å²) in [7, 11) is 0. The molecule has 0 heterocycles. The van der Waals surface area contributed by atoms with Crippen molar-refractivity contribution >= 4 is 5.78 Å². The van der Waals surface area contributed by atoms with E-state index in [1.165, 1.54) is 48.1 Å². The summed E-state index contributed by atoms with van der Waals surface area (Å²) in [5.41, 5.74) is 9.33. The highest BCUT2D eigenvalue weighted by atomic mass is 19.1. The predicted octanol–water partition coefficient (Wildman–Crippen LogP) is 9.23. The lowest BCUT2D eigenvalue weighted by atomic mass is 9.57. The van der Waals surface area contributed by atoms with Gasteiger partial charge in [0.15, 0.2) is 5.78 Å². The van der Waals surface area contributed by atoms with Crippen molar-refractivity contribution in [2.24, 2.45) is 23.2 Å². The van der Waals surface area contributed by atoms with Crippen molar-refractivity contribution in [3.8, 4) is 5.75 Å². The Kier molecular flexibility index (Phi) is 8.78. The Bertz CT molecular complexity index is 1240. The molecule has 0 bridgehead atoms. The number of benzene rings is 2. The molecule has 2 unspecified atom stereocenters. The highest BCUT2D eigenvalue weighted by Gasteiger charge is 2.50. The third-order valence-corrected chi connectivity index (χ3v) is 8.73. The van der Waals surface area contributed by atoms with Crippen molar-refractivity contribution < 1.29 is 13.9 Å². The Labute approximate surface area is 228 Å². The van der Waals surface area contributed by atoms with E-state index >= 15 is 0 Å². The van der Waals surface area contributed by atoms with Crippen molar-refractivity contribution in [2.75, 3.05) is 0 Å². The third kappa shape index (κ3) is 6.56. The largest absolute Gasteiger partial charge is 0.490 e. The summed E-state index contributed by atoms with van der Waals surface area (Å²) in [6.45, 7) is 14.3. The van der Waals surface area contributed by atoms with Crippen molar-refractivity contribution in [1.29, 1.82) is 0 Å². The molecule has 4 rings (SSSR count). The van der Waals surface area contributed by atoms with Crippen molar-refractivity contribution in [1.82, 2.24) is 0 Å². The zero-order chi connectivity index (χ0) is 27.4.